The van der Waals surface area contributed by atoms with E-state index >= 15 is 0 Å². The van der Waals surface area contributed by atoms with Crippen molar-refractivity contribution in [2.24, 2.45) is 0 Å². The van der Waals surface area contributed by atoms with Gasteiger partial charge in [0.25, 0.3) is 0 Å². The SMILES string of the molecule is Cc1ccc(SC#CSc2ccc(C)cc2)cc1. The minimum absolute atomic E-state index is 1.19. The van der Waals surface area contributed by atoms with Crippen LogP contribution in [0.3, 0.4) is 0 Å². The fourth-order valence-corrected chi connectivity index (χ4v) is 2.49. The third kappa shape index (κ3) is 4.18. The van der Waals surface area contributed by atoms with Gasteiger partial charge in [-0.05, 0) is 72.1 Å². The number of rotatable bonds is 2. The van der Waals surface area contributed by atoms with Crippen LogP contribution < -0.4 is 0 Å². The van der Waals surface area contributed by atoms with E-state index in [1.54, 1.807) is 23.5 Å². The maximum absolute atomic E-state index is 3.11. The molecule has 0 bridgehead atoms. The van der Waals surface area contributed by atoms with Crippen LogP contribution in [0.2, 0.25) is 0 Å². The van der Waals surface area contributed by atoms with Crippen LogP contribution >= 0.6 is 23.5 Å². The van der Waals surface area contributed by atoms with Crippen LogP contribution in [0.25, 0.3) is 0 Å². The lowest BCUT2D eigenvalue weighted by atomic mass is 10.2. The summed E-state index contributed by atoms with van der Waals surface area (Å²) in [4.78, 5) is 2.38. The van der Waals surface area contributed by atoms with E-state index in [2.05, 4.69) is 72.9 Å². The summed E-state index contributed by atoms with van der Waals surface area (Å²) in [5, 5.41) is 6.23. The van der Waals surface area contributed by atoms with E-state index in [0.29, 0.717) is 0 Å². The van der Waals surface area contributed by atoms with Crippen molar-refractivity contribution in [2.75, 3.05) is 0 Å². The summed E-state index contributed by atoms with van der Waals surface area (Å²) in [5.41, 5.74) is 2.56. The Morgan fingerprint density at radius 2 is 0.944 bits per heavy atom. The van der Waals surface area contributed by atoms with Crippen molar-refractivity contribution < 1.29 is 0 Å². The highest BCUT2D eigenvalue weighted by atomic mass is 32.2. The molecule has 0 spiro atoms. The lowest BCUT2D eigenvalue weighted by Gasteiger charge is -1.95. The van der Waals surface area contributed by atoms with Gasteiger partial charge in [0.2, 0.25) is 0 Å². The van der Waals surface area contributed by atoms with Crippen molar-refractivity contribution in [3.8, 4) is 10.5 Å². The van der Waals surface area contributed by atoms with Gasteiger partial charge >= 0.3 is 0 Å². The molecular formula is C16H14S2. The molecule has 2 aromatic rings. The molecule has 0 saturated heterocycles. The second-order valence-corrected chi connectivity index (χ2v) is 5.79. The highest BCUT2D eigenvalue weighted by Crippen LogP contribution is 2.20. The van der Waals surface area contributed by atoms with Gasteiger partial charge in [-0.15, -0.1) is 0 Å². The summed E-state index contributed by atoms with van der Waals surface area (Å²) in [5.74, 6) is 0. The van der Waals surface area contributed by atoms with E-state index < -0.39 is 0 Å². The molecular weight excluding hydrogens is 256 g/mol. The molecule has 0 unspecified atom stereocenters. The summed E-state index contributed by atoms with van der Waals surface area (Å²) in [6, 6.07) is 16.8. The van der Waals surface area contributed by atoms with Crippen molar-refractivity contribution in [3.05, 3.63) is 59.7 Å². The Bertz CT molecular complexity index is 505. The van der Waals surface area contributed by atoms with Crippen molar-refractivity contribution in [1.29, 1.82) is 0 Å². The van der Waals surface area contributed by atoms with Gasteiger partial charge in [-0.25, -0.2) is 0 Å². The summed E-state index contributed by atoms with van der Waals surface area (Å²) in [6.45, 7) is 4.18. The van der Waals surface area contributed by atoms with E-state index in [4.69, 9.17) is 0 Å². The first-order chi connectivity index (χ1) is 8.74. The number of aryl methyl sites for hydroxylation is 2. The summed E-state index contributed by atoms with van der Waals surface area (Å²) < 4.78 is 0. The van der Waals surface area contributed by atoms with Crippen molar-refractivity contribution >= 4 is 23.5 Å². The third-order valence-corrected chi connectivity index (χ3v) is 3.97. The van der Waals surface area contributed by atoms with Gasteiger partial charge in [-0.1, -0.05) is 35.4 Å². The largest absolute Gasteiger partial charge is 0.0582 e. The highest BCUT2D eigenvalue weighted by molar-refractivity contribution is 8.07. The Balaban J connectivity index is 1.89. The molecule has 0 fully saturated rings. The van der Waals surface area contributed by atoms with Gasteiger partial charge in [-0.3, -0.25) is 0 Å². The first kappa shape index (κ1) is 13.1. The van der Waals surface area contributed by atoms with E-state index in [9.17, 15) is 0 Å². The molecule has 2 rings (SSSR count). The number of thioether (sulfide) groups is 2. The first-order valence-electron chi connectivity index (χ1n) is 5.71. The van der Waals surface area contributed by atoms with Crippen molar-refractivity contribution in [1.82, 2.24) is 0 Å². The zero-order chi connectivity index (χ0) is 12.8. The molecule has 2 aromatic carbocycles. The second-order valence-electron chi connectivity index (χ2n) is 4.03. The average Bonchev–Trinajstić information content (AvgIpc) is 2.39. The smallest absolute Gasteiger partial charge is 0.0203 e. The lowest BCUT2D eigenvalue weighted by molar-refractivity contribution is 1.38. The predicted molar refractivity (Wildman–Crippen MR) is 81.8 cm³/mol. The molecule has 2 heteroatoms. The fourth-order valence-electron chi connectivity index (χ4n) is 1.37. The van der Waals surface area contributed by atoms with Crippen LogP contribution in [0.15, 0.2) is 58.3 Å². The van der Waals surface area contributed by atoms with Crippen molar-refractivity contribution in [2.45, 2.75) is 23.6 Å². The quantitative estimate of drug-likeness (QED) is 0.549. The van der Waals surface area contributed by atoms with Gasteiger partial charge in [0.05, 0.1) is 0 Å². The Morgan fingerprint density at radius 3 is 1.28 bits per heavy atom. The number of hydrogen-bond donors (Lipinski definition) is 0. The fraction of sp³-hybridized carbons (Fsp3) is 0.125. The van der Waals surface area contributed by atoms with Crippen LogP contribution in [-0.2, 0) is 0 Å². The molecule has 0 radical (unpaired) electrons. The molecule has 90 valence electrons. The maximum Gasteiger partial charge on any atom is 0.0203 e. The normalized spacial score (nSPS) is 9.67. The number of hydrogen-bond acceptors (Lipinski definition) is 2. The van der Waals surface area contributed by atoms with Crippen LogP contribution in [0.1, 0.15) is 11.1 Å². The molecule has 0 aliphatic rings. The molecule has 0 atom stereocenters. The van der Waals surface area contributed by atoms with E-state index in [0.717, 1.165) is 0 Å². The lowest BCUT2D eigenvalue weighted by Crippen LogP contribution is -1.71. The zero-order valence-corrected chi connectivity index (χ0v) is 12.1. The minimum atomic E-state index is 1.19. The third-order valence-electron chi connectivity index (χ3n) is 2.42. The maximum atomic E-state index is 3.11. The van der Waals surface area contributed by atoms with Gasteiger partial charge in [-0.2, -0.15) is 0 Å². The molecule has 0 aromatic heterocycles. The molecule has 0 N–H and O–H groups in total. The first-order valence-corrected chi connectivity index (χ1v) is 7.34. The summed E-state index contributed by atoms with van der Waals surface area (Å²) in [6.07, 6.45) is 0. The van der Waals surface area contributed by atoms with E-state index in [1.807, 2.05) is 0 Å². The zero-order valence-electron chi connectivity index (χ0n) is 10.4. The van der Waals surface area contributed by atoms with Gasteiger partial charge in [0.1, 0.15) is 0 Å². The average molecular weight is 270 g/mol. The Morgan fingerprint density at radius 1 is 0.611 bits per heavy atom. The predicted octanol–water partition coefficient (Wildman–Crippen LogP) is 5.11. The molecule has 0 saturated carbocycles. The second kappa shape index (κ2) is 6.58. The monoisotopic (exact) mass is 270 g/mol. The molecule has 0 nitrogen and oxygen atoms in total. The van der Waals surface area contributed by atoms with Crippen LogP contribution in [0.4, 0.5) is 0 Å². The summed E-state index contributed by atoms with van der Waals surface area (Å²) >= 11 is 3.14. The highest BCUT2D eigenvalue weighted by Gasteiger charge is 1.91. The van der Waals surface area contributed by atoms with E-state index in [1.165, 1.54) is 20.9 Å². The molecule has 0 aliphatic heterocycles. The van der Waals surface area contributed by atoms with Crippen LogP contribution in [0.5, 0.6) is 0 Å². The van der Waals surface area contributed by atoms with E-state index in [-0.39, 0.29) is 0 Å². The molecule has 0 amide bonds. The van der Waals surface area contributed by atoms with Crippen LogP contribution in [-0.4, -0.2) is 0 Å². The van der Waals surface area contributed by atoms with Crippen molar-refractivity contribution in [3.63, 3.8) is 0 Å². The Kier molecular flexibility index (Phi) is 4.81. The Labute approximate surface area is 117 Å². The standard InChI is InChI=1S/C16H14S2/c1-13-3-7-15(8-4-13)17-11-12-18-16-9-5-14(2)6-10-16/h3-10H,1-2H3. The van der Waals surface area contributed by atoms with Gasteiger partial charge in [0, 0.05) is 9.79 Å². The Hall–Kier alpha value is -1.30. The molecule has 0 heterocycles. The summed E-state index contributed by atoms with van der Waals surface area (Å²) in [7, 11) is 0. The van der Waals surface area contributed by atoms with Gasteiger partial charge in [0.15, 0.2) is 0 Å². The molecule has 18 heavy (non-hydrogen) atoms. The molecule has 0 aliphatic carbocycles. The minimum Gasteiger partial charge on any atom is -0.0582 e. The number of benzene rings is 2. The van der Waals surface area contributed by atoms with Gasteiger partial charge < -0.3 is 0 Å². The van der Waals surface area contributed by atoms with Crippen LogP contribution in [0, 0.1) is 24.4 Å². The topological polar surface area (TPSA) is 0 Å².